The Kier molecular flexibility index (Phi) is 4.73. The van der Waals surface area contributed by atoms with Crippen molar-refractivity contribution in [2.45, 2.75) is 10.8 Å². The first-order valence-corrected chi connectivity index (χ1v) is 9.45. The summed E-state index contributed by atoms with van der Waals surface area (Å²) in [4.78, 5) is 16.7. The van der Waals surface area contributed by atoms with Gasteiger partial charge >= 0.3 is 0 Å². The molecule has 0 bridgehead atoms. The molecule has 24 heavy (non-hydrogen) atoms. The van der Waals surface area contributed by atoms with Gasteiger partial charge in [-0.25, -0.2) is 12.7 Å². The first-order valence-electron chi connectivity index (χ1n) is 7.13. The second kappa shape index (κ2) is 6.94. The standard InChI is InChI=1S/C17H14N2O3S2/c20-17(15-8-10-18-11-9-15)19(13-14-5-2-1-3-6-14)24(21,22)16-7-4-12-23-16/h1-12H,13H2. The molecular weight excluding hydrogens is 344 g/mol. The molecule has 0 aliphatic carbocycles. The fourth-order valence-corrected chi connectivity index (χ4v) is 4.65. The Labute approximate surface area is 144 Å². The lowest BCUT2D eigenvalue weighted by Crippen LogP contribution is -2.36. The Morgan fingerprint density at radius 2 is 1.71 bits per heavy atom. The molecule has 0 fully saturated rings. The fraction of sp³-hybridized carbons (Fsp3) is 0.0588. The second-order valence-corrected chi connectivity index (χ2v) is 8.01. The highest BCUT2D eigenvalue weighted by Gasteiger charge is 2.31. The lowest BCUT2D eigenvalue weighted by Gasteiger charge is -2.22. The van der Waals surface area contributed by atoms with Gasteiger partial charge in [-0.2, -0.15) is 0 Å². The van der Waals surface area contributed by atoms with Crippen LogP contribution in [0.1, 0.15) is 15.9 Å². The van der Waals surface area contributed by atoms with Gasteiger partial charge in [0.05, 0.1) is 6.54 Å². The van der Waals surface area contributed by atoms with Gasteiger partial charge in [-0.1, -0.05) is 36.4 Å². The number of carbonyl (C=O) groups is 1. The highest BCUT2D eigenvalue weighted by molar-refractivity contribution is 7.91. The first-order chi connectivity index (χ1) is 11.6. The molecule has 3 rings (SSSR count). The van der Waals surface area contributed by atoms with Gasteiger partial charge < -0.3 is 0 Å². The molecule has 1 amide bonds. The Balaban J connectivity index is 2.03. The monoisotopic (exact) mass is 358 g/mol. The van der Waals surface area contributed by atoms with Crippen molar-refractivity contribution in [3.05, 3.63) is 83.5 Å². The molecule has 0 unspecified atom stereocenters. The van der Waals surface area contributed by atoms with E-state index >= 15 is 0 Å². The predicted octanol–water partition coefficient (Wildman–Crippen LogP) is 3.17. The van der Waals surface area contributed by atoms with Gasteiger partial charge in [-0.05, 0) is 29.1 Å². The van der Waals surface area contributed by atoms with Crippen LogP contribution in [-0.4, -0.2) is 23.6 Å². The topological polar surface area (TPSA) is 67.3 Å². The van der Waals surface area contributed by atoms with Crippen molar-refractivity contribution in [2.24, 2.45) is 0 Å². The summed E-state index contributed by atoms with van der Waals surface area (Å²) in [5, 5.41) is 1.67. The molecule has 0 aliphatic heterocycles. The minimum atomic E-state index is -3.92. The number of aromatic nitrogens is 1. The summed E-state index contributed by atoms with van der Waals surface area (Å²) in [6, 6.07) is 15.2. The summed E-state index contributed by atoms with van der Waals surface area (Å²) in [6.45, 7) is -0.0256. The van der Waals surface area contributed by atoms with E-state index in [1.807, 2.05) is 18.2 Å². The van der Waals surface area contributed by atoms with E-state index in [-0.39, 0.29) is 16.3 Å². The number of benzene rings is 1. The van der Waals surface area contributed by atoms with Crippen molar-refractivity contribution in [1.82, 2.24) is 9.29 Å². The van der Waals surface area contributed by atoms with E-state index in [4.69, 9.17) is 0 Å². The molecule has 0 saturated heterocycles. The van der Waals surface area contributed by atoms with Gasteiger partial charge in [0.25, 0.3) is 15.9 Å². The zero-order valence-corrected chi connectivity index (χ0v) is 14.2. The SMILES string of the molecule is O=C(c1ccncc1)N(Cc1ccccc1)S(=O)(=O)c1cccs1. The van der Waals surface area contributed by atoms with Gasteiger partial charge in [-0.15, -0.1) is 11.3 Å². The van der Waals surface area contributed by atoms with E-state index in [0.29, 0.717) is 0 Å². The predicted molar refractivity (Wildman–Crippen MR) is 92.1 cm³/mol. The normalized spacial score (nSPS) is 11.2. The van der Waals surface area contributed by atoms with Crippen LogP contribution in [0.25, 0.3) is 0 Å². The minimum Gasteiger partial charge on any atom is -0.268 e. The van der Waals surface area contributed by atoms with Crippen molar-refractivity contribution in [1.29, 1.82) is 0 Å². The number of pyridine rings is 1. The quantitative estimate of drug-likeness (QED) is 0.702. The van der Waals surface area contributed by atoms with E-state index in [0.717, 1.165) is 21.2 Å². The van der Waals surface area contributed by atoms with Crippen LogP contribution in [0.5, 0.6) is 0 Å². The number of rotatable bonds is 5. The maximum atomic E-state index is 12.9. The second-order valence-electron chi connectivity index (χ2n) is 4.97. The molecule has 2 aromatic heterocycles. The maximum Gasteiger partial charge on any atom is 0.276 e. The fourth-order valence-electron chi connectivity index (χ4n) is 2.17. The van der Waals surface area contributed by atoms with E-state index < -0.39 is 15.9 Å². The lowest BCUT2D eigenvalue weighted by molar-refractivity contribution is 0.0855. The van der Waals surface area contributed by atoms with Crippen molar-refractivity contribution in [3.63, 3.8) is 0 Å². The minimum absolute atomic E-state index is 0.0256. The average molecular weight is 358 g/mol. The van der Waals surface area contributed by atoms with Crippen LogP contribution in [0, 0.1) is 0 Å². The van der Waals surface area contributed by atoms with Crippen LogP contribution >= 0.6 is 11.3 Å². The Morgan fingerprint density at radius 1 is 1.00 bits per heavy atom. The number of sulfonamides is 1. The van der Waals surface area contributed by atoms with Gasteiger partial charge in [0.2, 0.25) is 0 Å². The highest BCUT2D eigenvalue weighted by atomic mass is 32.2. The van der Waals surface area contributed by atoms with E-state index in [2.05, 4.69) is 4.98 Å². The van der Waals surface area contributed by atoms with Crippen molar-refractivity contribution in [3.8, 4) is 0 Å². The Hall–Kier alpha value is -2.51. The average Bonchev–Trinajstić information content (AvgIpc) is 3.16. The molecule has 7 heteroatoms. The molecular formula is C17H14N2O3S2. The third-order valence-corrected chi connectivity index (χ3v) is 6.46. The van der Waals surface area contributed by atoms with Crippen LogP contribution in [0.15, 0.2) is 76.6 Å². The molecule has 2 heterocycles. The number of hydrogen-bond donors (Lipinski definition) is 0. The molecule has 5 nitrogen and oxygen atoms in total. The lowest BCUT2D eigenvalue weighted by atomic mass is 10.2. The molecule has 0 spiro atoms. The van der Waals surface area contributed by atoms with Gasteiger partial charge in [0.15, 0.2) is 0 Å². The molecule has 0 N–H and O–H groups in total. The van der Waals surface area contributed by atoms with Crippen LogP contribution in [0.3, 0.4) is 0 Å². The number of hydrogen-bond acceptors (Lipinski definition) is 5. The van der Waals surface area contributed by atoms with Crippen LogP contribution in [0.2, 0.25) is 0 Å². The maximum absolute atomic E-state index is 12.9. The van der Waals surface area contributed by atoms with Gasteiger partial charge in [0, 0.05) is 18.0 Å². The zero-order valence-electron chi connectivity index (χ0n) is 12.6. The summed E-state index contributed by atoms with van der Waals surface area (Å²) in [5.41, 5.74) is 1.01. The molecule has 0 atom stereocenters. The molecule has 1 aromatic carbocycles. The van der Waals surface area contributed by atoms with Gasteiger partial charge in [-0.3, -0.25) is 9.78 Å². The summed E-state index contributed by atoms with van der Waals surface area (Å²) in [6.07, 6.45) is 2.93. The van der Waals surface area contributed by atoms with Crippen LogP contribution < -0.4 is 0 Å². The molecule has 3 aromatic rings. The van der Waals surface area contributed by atoms with E-state index in [1.54, 1.807) is 23.6 Å². The number of nitrogens with zero attached hydrogens (tertiary/aromatic N) is 2. The smallest absolute Gasteiger partial charge is 0.268 e. The zero-order chi connectivity index (χ0) is 17.0. The largest absolute Gasteiger partial charge is 0.276 e. The Morgan fingerprint density at radius 3 is 2.33 bits per heavy atom. The van der Waals surface area contributed by atoms with Crippen LogP contribution in [0.4, 0.5) is 0 Å². The number of thiophene rings is 1. The summed E-state index contributed by atoms with van der Waals surface area (Å²) in [7, 11) is -3.92. The number of carbonyl (C=O) groups excluding carboxylic acids is 1. The third kappa shape index (κ3) is 3.37. The first kappa shape index (κ1) is 16.4. The van der Waals surface area contributed by atoms with E-state index in [1.165, 1.54) is 30.6 Å². The molecule has 0 aliphatic rings. The number of amides is 1. The third-order valence-electron chi connectivity index (χ3n) is 3.36. The van der Waals surface area contributed by atoms with Crippen molar-refractivity contribution >= 4 is 27.3 Å². The molecule has 122 valence electrons. The van der Waals surface area contributed by atoms with Gasteiger partial charge in [0.1, 0.15) is 4.21 Å². The molecule has 0 saturated carbocycles. The molecule has 0 radical (unpaired) electrons. The Bertz CT molecular complexity index is 909. The highest BCUT2D eigenvalue weighted by Crippen LogP contribution is 2.24. The van der Waals surface area contributed by atoms with E-state index in [9.17, 15) is 13.2 Å². The van der Waals surface area contributed by atoms with Crippen LogP contribution in [-0.2, 0) is 16.6 Å². The summed E-state index contributed by atoms with van der Waals surface area (Å²) < 4.78 is 26.9. The summed E-state index contributed by atoms with van der Waals surface area (Å²) in [5.74, 6) is -0.574. The summed E-state index contributed by atoms with van der Waals surface area (Å²) >= 11 is 1.09. The van der Waals surface area contributed by atoms with Crippen molar-refractivity contribution < 1.29 is 13.2 Å². The van der Waals surface area contributed by atoms with Crippen molar-refractivity contribution in [2.75, 3.05) is 0 Å².